The Morgan fingerprint density at radius 1 is 1.05 bits per heavy atom. The van der Waals surface area contributed by atoms with Crippen LogP contribution in [0, 0.1) is 29.1 Å². The second-order valence-corrected chi connectivity index (χ2v) is 12.7. The summed E-state index contributed by atoms with van der Waals surface area (Å²) in [5.41, 5.74) is -4.75. The maximum absolute atomic E-state index is 13.1. The van der Waals surface area contributed by atoms with Crippen LogP contribution in [0.4, 0.5) is 0 Å². The van der Waals surface area contributed by atoms with Crippen LogP contribution in [0.25, 0.3) is 0 Å². The fourth-order valence-corrected chi connectivity index (χ4v) is 8.03. The number of hydrogen-bond acceptors (Lipinski definition) is 7. The van der Waals surface area contributed by atoms with Crippen LogP contribution in [0.15, 0.2) is 23.3 Å². The van der Waals surface area contributed by atoms with Crippen molar-refractivity contribution in [2.24, 2.45) is 29.1 Å². The van der Waals surface area contributed by atoms with Gasteiger partial charge in [0.2, 0.25) is 0 Å². The van der Waals surface area contributed by atoms with E-state index in [0.717, 1.165) is 19.3 Å². The average molecular weight is 519 g/mol. The Kier molecular flexibility index (Phi) is 7.61. The fraction of sp³-hybridized carbons (Fsp3) is 0.800. The van der Waals surface area contributed by atoms with Crippen LogP contribution >= 0.6 is 0 Å². The Labute approximate surface area is 221 Å². The highest BCUT2D eigenvalue weighted by atomic mass is 16.6. The first-order valence-electron chi connectivity index (χ1n) is 14.2. The Morgan fingerprint density at radius 2 is 1.68 bits per heavy atom. The Balaban J connectivity index is 1.60. The number of fused-ring (bicyclic) bond motifs is 5. The molecule has 0 aromatic rings. The molecule has 8 atom stereocenters. The maximum Gasteiger partial charge on any atom is 0.306 e. The van der Waals surface area contributed by atoms with Gasteiger partial charge in [0, 0.05) is 41.9 Å². The van der Waals surface area contributed by atoms with Crippen LogP contribution in [-0.4, -0.2) is 61.7 Å². The molecule has 4 aliphatic carbocycles. The lowest BCUT2D eigenvalue weighted by molar-refractivity contribution is -0.221. The topological polar surface area (TPSA) is 124 Å². The lowest BCUT2D eigenvalue weighted by Gasteiger charge is -2.52. The summed E-state index contributed by atoms with van der Waals surface area (Å²) < 4.78 is 5.98. The van der Waals surface area contributed by atoms with Crippen molar-refractivity contribution in [3.8, 4) is 0 Å². The van der Waals surface area contributed by atoms with E-state index in [1.165, 1.54) is 19.3 Å². The number of carbonyl (C=O) groups excluding carboxylic acids is 2. The van der Waals surface area contributed by atoms with Crippen molar-refractivity contribution >= 4 is 11.8 Å². The predicted molar refractivity (Wildman–Crippen MR) is 139 cm³/mol. The number of aliphatic hydroxyl groups is 4. The van der Waals surface area contributed by atoms with E-state index >= 15 is 0 Å². The third-order valence-corrected chi connectivity index (χ3v) is 10.2. The highest BCUT2D eigenvalue weighted by molar-refractivity contribution is 6.04. The molecule has 208 valence electrons. The van der Waals surface area contributed by atoms with E-state index in [2.05, 4.69) is 6.92 Å². The number of aliphatic hydroxyl groups excluding tert-OH is 1. The number of hydrogen-bond donors (Lipinski definition) is 4. The lowest BCUT2D eigenvalue weighted by atomic mass is 9.59. The number of ether oxygens (including phenoxy) is 1. The van der Waals surface area contributed by atoms with E-state index in [9.17, 15) is 30.0 Å². The molecule has 4 N–H and O–H groups in total. The van der Waals surface area contributed by atoms with Gasteiger partial charge in [-0.05, 0) is 24.5 Å². The minimum atomic E-state index is -1.89. The van der Waals surface area contributed by atoms with Crippen molar-refractivity contribution in [2.45, 2.75) is 115 Å². The summed E-state index contributed by atoms with van der Waals surface area (Å²) in [6.45, 7) is 8.99. The van der Waals surface area contributed by atoms with Crippen LogP contribution in [0.5, 0.6) is 0 Å². The molecule has 0 aliphatic heterocycles. The molecule has 0 aromatic heterocycles. The summed E-state index contributed by atoms with van der Waals surface area (Å²) in [4.78, 5) is 26.1. The first-order chi connectivity index (χ1) is 17.3. The molecular formula is C30H46O7. The number of Topliss-reactive ketones (excluding diaryl/α,β-unsaturated/α-hetero) is 1. The molecule has 7 nitrogen and oxygen atoms in total. The minimum Gasteiger partial charge on any atom is -0.459 e. The van der Waals surface area contributed by atoms with Crippen molar-refractivity contribution in [3.05, 3.63) is 23.3 Å². The van der Waals surface area contributed by atoms with Crippen molar-refractivity contribution in [1.29, 1.82) is 0 Å². The standard InChI is InChI=1S/C30H46O7/c1-6-7-8-9-10-11-12-13-23(32)37-26-19(3)29(35)21(24-27(4,5)30(24,26)36)15-20(17-31)16-28(34)22(29)14-18(2)25(28)33/h14-15,19,21-22,24,26,31,34-36H,6-13,16-17H2,1-5H3. The molecule has 0 amide bonds. The summed E-state index contributed by atoms with van der Waals surface area (Å²) in [7, 11) is 0. The molecular weight excluding hydrogens is 472 g/mol. The summed E-state index contributed by atoms with van der Waals surface area (Å²) in [6, 6.07) is 0. The van der Waals surface area contributed by atoms with Crippen LogP contribution < -0.4 is 0 Å². The number of ketones is 1. The zero-order valence-corrected chi connectivity index (χ0v) is 23.1. The molecule has 0 radical (unpaired) electrons. The molecule has 0 heterocycles. The van der Waals surface area contributed by atoms with E-state index in [0.29, 0.717) is 17.6 Å². The molecule has 4 rings (SSSR count). The van der Waals surface area contributed by atoms with Gasteiger partial charge in [-0.1, -0.05) is 78.4 Å². The monoisotopic (exact) mass is 518 g/mol. The molecule has 7 heteroatoms. The third kappa shape index (κ3) is 4.16. The van der Waals surface area contributed by atoms with Gasteiger partial charge >= 0.3 is 5.97 Å². The van der Waals surface area contributed by atoms with Gasteiger partial charge in [0.05, 0.1) is 12.2 Å². The van der Waals surface area contributed by atoms with E-state index in [1.807, 2.05) is 13.8 Å². The van der Waals surface area contributed by atoms with Crippen LogP contribution in [0.1, 0.15) is 92.4 Å². The second-order valence-electron chi connectivity index (χ2n) is 12.7. The highest BCUT2D eigenvalue weighted by Gasteiger charge is 2.85. The van der Waals surface area contributed by atoms with Crippen molar-refractivity contribution in [3.63, 3.8) is 0 Å². The number of carbonyl (C=O) groups is 2. The van der Waals surface area contributed by atoms with Crippen LogP contribution in [0.2, 0.25) is 0 Å². The molecule has 2 saturated carbocycles. The average Bonchev–Trinajstić information content (AvgIpc) is 3.24. The maximum atomic E-state index is 13.1. The molecule has 0 bridgehead atoms. The normalized spacial score (nSPS) is 41.6. The zero-order chi connectivity index (χ0) is 27.4. The van der Waals surface area contributed by atoms with E-state index in [4.69, 9.17) is 4.74 Å². The van der Waals surface area contributed by atoms with Crippen LogP contribution in [-0.2, 0) is 14.3 Å². The van der Waals surface area contributed by atoms with E-state index in [1.54, 1.807) is 26.0 Å². The summed E-state index contributed by atoms with van der Waals surface area (Å²) >= 11 is 0. The molecule has 0 aromatic carbocycles. The first-order valence-corrected chi connectivity index (χ1v) is 14.2. The van der Waals surface area contributed by atoms with Gasteiger partial charge in [0.1, 0.15) is 17.3 Å². The zero-order valence-electron chi connectivity index (χ0n) is 23.1. The largest absolute Gasteiger partial charge is 0.459 e. The smallest absolute Gasteiger partial charge is 0.306 e. The number of rotatable bonds is 10. The Hall–Kier alpha value is -1.54. The van der Waals surface area contributed by atoms with Gasteiger partial charge in [0.15, 0.2) is 5.78 Å². The highest BCUT2D eigenvalue weighted by Crippen LogP contribution is 2.75. The third-order valence-electron chi connectivity index (χ3n) is 10.2. The van der Waals surface area contributed by atoms with Gasteiger partial charge in [-0.3, -0.25) is 9.59 Å². The quantitative estimate of drug-likeness (QED) is 0.198. The van der Waals surface area contributed by atoms with Crippen molar-refractivity contribution < 1.29 is 34.8 Å². The summed E-state index contributed by atoms with van der Waals surface area (Å²) in [6.07, 6.45) is 10.1. The van der Waals surface area contributed by atoms with E-state index < -0.39 is 63.7 Å². The van der Waals surface area contributed by atoms with E-state index in [-0.39, 0.29) is 19.4 Å². The SMILES string of the molecule is CCCCCCCCCC(=O)OC1C(C)C2(O)C(C=C(CO)CC3(O)C(=O)C(C)=CC32)C2C(C)(C)C12O. The summed E-state index contributed by atoms with van der Waals surface area (Å²) in [5, 5.41) is 46.1. The first kappa shape index (κ1) is 28.5. The van der Waals surface area contributed by atoms with Gasteiger partial charge in [-0.2, -0.15) is 0 Å². The molecule has 2 fully saturated rings. The molecule has 37 heavy (non-hydrogen) atoms. The summed E-state index contributed by atoms with van der Waals surface area (Å²) in [5.74, 6) is -3.66. The predicted octanol–water partition coefficient (Wildman–Crippen LogP) is 3.62. The van der Waals surface area contributed by atoms with Crippen LogP contribution in [0.3, 0.4) is 0 Å². The fourth-order valence-electron chi connectivity index (χ4n) is 8.03. The minimum absolute atomic E-state index is 0.0827. The number of esters is 1. The Bertz CT molecular complexity index is 982. The van der Waals surface area contributed by atoms with Crippen molar-refractivity contribution in [2.75, 3.05) is 6.61 Å². The molecule has 8 unspecified atom stereocenters. The lowest BCUT2D eigenvalue weighted by Crippen LogP contribution is -2.65. The molecule has 4 aliphatic rings. The Morgan fingerprint density at radius 3 is 2.30 bits per heavy atom. The molecule has 0 saturated heterocycles. The van der Waals surface area contributed by atoms with Gasteiger partial charge in [0.25, 0.3) is 0 Å². The van der Waals surface area contributed by atoms with Gasteiger partial charge < -0.3 is 25.2 Å². The van der Waals surface area contributed by atoms with Gasteiger partial charge in [-0.25, -0.2) is 0 Å². The second kappa shape index (κ2) is 9.89. The van der Waals surface area contributed by atoms with Gasteiger partial charge in [-0.15, -0.1) is 0 Å². The molecule has 0 spiro atoms. The number of unbranched alkanes of at least 4 members (excludes halogenated alkanes) is 6. The van der Waals surface area contributed by atoms with Crippen molar-refractivity contribution in [1.82, 2.24) is 0 Å².